The molecule has 2 aromatic rings. The second-order valence-corrected chi connectivity index (χ2v) is 10.5. The standard InChI is InChI=1S/C22H30FN4O8P/c1-13(2)33-20(29)14(3)26-36(31,35-15-8-6-5-7-9-15)32-12-22(4)18(28)17(23)19(34-22)27-11-10-16(24)25-21(27)30/h5-11,13-14,17-19,28H,12H2,1-4H3,(H,26,31)(H2,24,25,30)/t14-,17+,18-,19+,22+,36?/m0/s1. The van der Waals surface area contributed by atoms with Crippen molar-refractivity contribution in [2.24, 2.45) is 0 Å². The molecule has 1 aromatic carbocycles. The number of anilines is 1. The number of benzene rings is 1. The number of halogens is 1. The van der Waals surface area contributed by atoms with E-state index in [9.17, 15) is 19.3 Å². The van der Waals surface area contributed by atoms with Gasteiger partial charge in [0.2, 0.25) is 0 Å². The summed E-state index contributed by atoms with van der Waals surface area (Å²) in [7, 11) is -4.31. The van der Waals surface area contributed by atoms with Gasteiger partial charge < -0.3 is 24.8 Å². The van der Waals surface area contributed by atoms with Crippen molar-refractivity contribution in [2.45, 2.75) is 63.9 Å². The maximum absolute atomic E-state index is 15.0. The number of hydrogen-bond acceptors (Lipinski definition) is 10. The lowest BCUT2D eigenvalue weighted by Crippen LogP contribution is -2.44. The summed E-state index contributed by atoms with van der Waals surface area (Å²) < 4.78 is 51.4. The first-order chi connectivity index (χ1) is 16.8. The first kappa shape index (κ1) is 27.8. The molecule has 36 heavy (non-hydrogen) atoms. The van der Waals surface area contributed by atoms with Gasteiger partial charge in [0.05, 0.1) is 12.7 Å². The summed E-state index contributed by atoms with van der Waals surface area (Å²) in [4.78, 5) is 28.0. The Morgan fingerprint density at radius 2 is 2.00 bits per heavy atom. The van der Waals surface area contributed by atoms with Crippen molar-refractivity contribution in [3.8, 4) is 5.75 Å². The second kappa shape index (κ2) is 11.1. The van der Waals surface area contributed by atoms with Crippen LogP contribution >= 0.6 is 7.75 Å². The third-order valence-corrected chi connectivity index (χ3v) is 6.89. The third kappa shape index (κ3) is 6.48. The Balaban J connectivity index is 1.81. The highest BCUT2D eigenvalue weighted by Crippen LogP contribution is 2.48. The van der Waals surface area contributed by atoms with Gasteiger partial charge in [-0.05, 0) is 45.9 Å². The van der Waals surface area contributed by atoms with Crippen molar-refractivity contribution in [1.82, 2.24) is 14.6 Å². The number of rotatable bonds is 10. The van der Waals surface area contributed by atoms with Crippen LogP contribution in [0.2, 0.25) is 0 Å². The number of carbonyl (C=O) groups excluding carboxylic acids is 1. The Labute approximate surface area is 207 Å². The molecule has 14 heteroatoms. The van der Waals surface area contributed by atoms with Crippen LogP contribution < -0.4 is 21.0 Å². The van der Waals surface area contributed by atoms with Crippen LogP contribution in [0, 0.1) is 0 Å². The van der Waals surface area contributed by atoms with Crippen LogP contribution in [-0.4, -0.2) is 57.3 Å². The largest absolute Gasteiger partial charge is 0.462 e. The summed E-state index contributed by atoms with van der Waals surface area (Å²) in [5.41, 5.74) is 2.84. The normalized spacial score (nSPS) is 26.4. The number of hydrogen-bond donors (Lipinski definition) is 3. The van der Waals surface area contributed by atoms with E-state index in [1.807, 2.05) is 0 Å². The molecule has 1 saturated heterocycles. The molecule has 0 aliphatic carbocycles. The topological polar surface area (TPSA) is 164 Å². The third-order valence-electron chi connectivity index (χ3n) is 5.26. The fourth-order valence-corrected chi connectivity index (χ4v) is 4.99. The number of nitrogens with zero attached hydrogens (tertiary/aromatic N) is 2. The minimum atomic E-state index is -4.31. The average molecular weight is 528 g/mol. The van der Waals surface area contributed by atoms with E-state index in [1.165, 1.54) is 38.2 Å². The predicted molar refractivity (Wildman–Crippen MR) is 127 cm³/mol. The van der Waals surface area contributed by atoms with Crippen molar-refractivity contribution < 1.29 is 37.4 Å². The van der Waals surface area contributed by atoms with E-state index in [-0.39, 0.29) is 11.6 Å². The maximum Gasteiger partial charge on any atom is 0.459 e. The maximum atomic E-state index is 15.0. The van der Waals surface area contributed by atoms with Crippen molar-refractivity contribution in [1.29, 1.82) is 0 Å². The Morgan fingerprint density at radius 3 is 2.61 bits per heavy atom. The number of para-hydroxylation sites is 1. The SMILES string of the molecule is CC(C)OC(=O)[C@H](C)NP(=O)(OC[C@@]1(C)O[C@@H](n2ccc(N)nc2=O)[C@H](F)[C@@H]1O)Oc1ccccc1. The Bertz CT molecular complexity index is 1170. The number of aliphatic hydroxyl groups is 1. The molecule has 12 nitrogen and oxygen atoms in total. The number of alkyl halides is 1. The average Bonchev–Trinajstić information content (AvgIpc) is 3.02. The summed E-state index contributed by atoms with van der Waals surface area (Å²) >= 11 is 0. The van der Waals surface area contributed by atoms with Crippen molar-refractivity contribution in [2.75, 3.05) is 12.3 Å². The van der Waals surface area contributed by atoms with Crippen molar-refractivity contribution >= 4 is 19.5 Å². The highest BCUT2D eigenvalue weighted by atomic mass is 31.2. The molecule has 0 amide bonds. The van der Waals surface area contributed by atoms with Crippen LogP contribution in [0.4, 0.5) is 10.2 Å². The zero-order valence-corrected chi connectivity index (χ0v) is 21.1. The molecule has 198 valence electrons. The lowest BCUT2D eigenvalue weighted by Gasteiger charge is -2.30. The summed E-state index contributed by atoms with van der Waals surface area (Å²) in [5.74, 6) is -0.601. The number of nitrogen functional groups attached to an aromatic ring is 1. The first-order valence-electron chi connectivity index (χ1n) is 11.2. The van der Waals surface area contributed by atoms with Crippen molar-refractivity contribution in [3.63, 3.8) is 0 Å². The molecule has 4 N–H and O–H groups in total. The lowest BCUT2D eigenvalue weighted by molar-refractivity contribution is -0.149. The monoisotopic (exact) mass is 528 g/mol. The smallest absolute Gasteiger partial charge is 0.459 e. The highest BCUT2D eigenvalue weighted by Gasteiger charge is 2.54. The summed E-state index contributed by atoms with van der Waals surface area (Å²) in [6.45, 7) is 5.42. The molecule has 1 aliphatic rings. The molecule has 3 rings (SSSR count). The minimum absolute atomic E-state index is 0.0634. The highest BCUT2D eigenvalue weighted by molar-refractivity contribution is 7.52. The van der Waals surface area contributed by atoms with Gasteiger partial charge in [0.15, 0.2) is 12.4 Å². The van der Waals surface area contributed by atoms with E-state index >= 15 is 4.39 Å². The summed E-state index contributed by atoms with van der Waals surface area (Å²) in [6.07, 6.45) is -4.60. The van der Waals surface area contributed by atoms with E-state index in [4.69, 9.17) is 24.3 Å². The molecule has 0 radical (unpaired) electrons. The summed E-state index contributed by atoms with van der Waals surface area (Å²) in [5, 5.41) is 13.1. The van der Waals surface area contributed by atoms with Crippen LogP contribution in [0.1, 0.15) is 33.9 Å². The molecule has 1 aliphatic heterocycles. The first-order valence-corrected chi connectivity index (χ1v) is 12.7. The number of aliphatic hydroxyl groups excluding tert-OH is 1. The minimum Gasteiger partial charge on any atom is -0.462 e. The van der Waals surface area contributed by atoms with Gasteiger partial charge in [0.1, 0.15) is 29.3 Å². The summed E-state index contributed by atoms with van der Waals surface area (Å²) in [6, 6.07) is 8.20. The molecule has 1 aromatic heterocycles. The number of nitrogens with two attached hydrogens (primary N) is 1. The van der Waals surface area contributed by atoms with E-state index < -0.39 is 62.3 Å². The van der Waals surface area contributed by atoms with Crippen LogP contribution in [0.3, 0.4) is 0 Å². The zero-order chi connectivity index (χ0) is 26.7. The number of ether oxygens (including phenoxy) is 2. The fourth-order valence-electron chi connectivity index (χ4n) is 3.40. The molecule has 0 bridgehead atoms. The number of esters is 1. The molecule has 0 spiro atoms. The van der Waals surface area contributed by atoms with Gasteiger partial charge >= 0.3 is 19.4 Å². The van der Waals surface area contributed by atoms with Gasteiger partial charge in [-0.15, -0.1) is 0 Å². The van der Waals surface area contributed by atoms with Crippen LogP contribution in [-0.2, 0) is 23.4 Å². The van der Waals surface area contributed by atoms with Gasteiger partial charge in [0.25, 0.3) is 0 Å². The predicted octanol–water partition coefficient (Wildman–Crippen LogP) is 1.95. The van der Waals surface area contributed by atoms with Gasteiger partial charge in [-0.3, -0.25) is 13.9 Å². The van der Waals surface area contributed by atoms with E-state index in [0.29, 0.717) is 0 Å². The van der Waals surface area contributed by atoms with E-state index in [0.717, 1.165) is 4.57 Å². The molecular formula is C22H30FN4O8P. The van der Waals surface area contributed by atoms with Gasteiger partial charge in [-0.25, -0.2) is 13.8 Å². The molecule has 0 saturated carbocycles. The number of nitrogens with one attached hydrogen (secondary N) is 1. The Kier molecular flexibility index (Phi) is 8.52. The van der Waals surface area contributed by atoms with E-state index in [1.54, 1.807) is 32.0 Å². The lowest BCUT2D eigenvalue weighted by atomic mass is 9.99. The zero-order valence-electron chi connectivity index (χ0n) is 20.2. The second-order valence-electron chi connectivity index (χ2n) is 8.76. The molecule has 1 fully saturated rings. The van der Waals surface area contributed by atoms with Gasteiger partial charge in [-0.2, -0.15) is 10.1 Å². The van der Waals surface area contributed by atoms with Crippen LogP contribution in [0.25, 0.3) is 0 Å². The fraction of sp³-hybridized carbons (Fsp3) is 0.500. The Morgan fingerprint density at radius 1 is 1.33 bits per heavy atom. The van der Waals surface area contributed by atoms with Gasteiger partial charge in [-0.1, -0.05) is 18.2 Å². The Hall–Kier alpha value is -2.83. The van der Waals surface area contributed by atoms with Crippen LogP contribution in [0.15, 0.2) is 47.4 Å². The quantitative estimate of drug-likeness (QED) is 0.305. The number of aromatic nitrogens is 2. The molecule has 1 unspecified atom stereocenters. The van der Waals surface area contributed by atoms with Gasteiger partial charge in [0, 0.05) is 6.20 Å². The van der Waals surface area contributed by atoms with E-state index in [2.05, 4.69) is 10.1 Å². The van der Waals surface area contributed by atoms with Crippen molar-refractivity contribution in [3.05, 3.63) is 53.1 Å². The van der Waals surface area contributed by atoms with Crippen LogP contribution in [0.5, 0.6) is 5.75 Å². The molecule has 6 atom stereocenters. The molecular weight excluding hydrogens is 498 g/mol. The molecule has 2 heterocycles. The number of carbonyl (C=O) groups is 1.